The maximum atomic E-state index is 11.5. The van der Waals surface area contributed by atoms with Crippen LogP contribution in [0.5, 0.6) is 0 Å². The van der Waals surface area contributed by atoms with Gasteiger partial charge in [-0.05, 0) is 33.2 Å². The van der Waals surface area contributed by atoms with Crippen LogP contribution in [0.4, 0.5) is 0 Å². The van der Waals surface area contributed by atoms with Crippen molar-refractivity contribution >= 4 is 11.9 Å². The molecule has 92 valence electrons. The van der Waals surface area contributed by atoms with Crippen molar-refractivity contribution in [2.24, 2.45) is 5.92 Å². The molecule has 0 aromatic heterocycles. The van der Waals surface area contributed by atoms with E-state index in [1.807, 2.05) is 18.7 Å². The lowest BCUT2D eigenvalue weighted by molar-refractivity contribution is -0.144. The summed E-state index contributed by atoms with van der Waals surface area (Å²) < 4.78 is 0. The first kappa shape index (κ1) is 13.0. The highest BCUT2D eigenvalue weighted by Gasteiger charge is 2.26. The number of likely N-dealkylation sites (tertiary alicyclic amines) is 1. The quantitative estimate of drug-likeness (QED) is 0.726. The third kappa shape index (κ3) is 4.18. The van der Waals surface area contributed by atoms with Crippen LogP contribution in [0.3, 0.4) is 0 Å². The van der Waals surface area contributed by atoms with Crippen LogP contribution in [0.2, 0.25) is 0 Å². The predicted molar refractivity (Wildman–Crippen MR) is 60.1 cm³/mol. The minimum Gasteiger partial charge on any atom is -0.481 e. The van der Waals surface area contributed by atoms with Crippen LogP contribution < -0.4 is 5.32 Å². The molecule has 0 radical (unpaired) electrons. The van der Waals surface area contributed by atoms with E-state index < -0.39 is 5.97 Å². The molecule has 0 saturated carbocycles. The summed E-state index contributed by atoms with van der Waals surface area (Å²) in [6, 6.07) is 0.132. The molecule has 0 bridgehead atoms. The lowest BCUT2D eigenvalue weighted by Gasteiger charge is -2.30. The predicted octanol–water partition coefficient (Wildman–Crippen LogP) is 0.308. The van der Waals surface area contributed by atoms with E-state index in [2.05, 4.69) is 5.32 Å². The molecule has 0 aromatic rings. The van der Waals surface area contributed by atoms with Crippen LogP contribution in [0.1, 0.15) is 26.7 Å². The highest BCUT2D eigenvalue weighted by molar-refractivity contribution is 5.78. The molecule has 0 aromatic carbocycles. The van der Waals surface area contributed by atoms with Gasteiger partial charge in [-0.2, -0.15) is 0 Å². The fourth-order valence-corrected chi connectivity index (χ4v) is 1.97. The number of hydrogen-bond acceptors (Lipinski definition) is 3. The van der Waals surface area contributed by atoms with E-state index in [1.54, 1.807) is 0 Å². The summed E-state index contributed by atoms with van der Waals surface area (Å²) >= 11 is 0. The molecule has 5 heteroatoms. The van der Waals surface area contributed by atoms with Gasteiger partial charge in [0, 0.05) is 12.6 Å². The zero-order valence-corrected chi connectivity index (χ0v) is 9.90. The van der Waals surface area contributed by atoms with Crippen molar-refractivity contribution in [3.8, 4) is 0 Å². The molecule has 0 aliphatic carbocycles. The molecule has 1 aliphatic heterocycles. The molecule has 0 spiro atoms. The zero-order chi connectivity index (χ0) is 12.1. The number of hydrogen-bond donors (Lipinski definition) is 2. The molecular formula is C11H20N2O3. The molecule has 0 unspecified atom stereocenters. The Morgan fingerprint density at radius 3 is 2.75 bits per heavy atom. The van der Waals surface area contributed by atoms with Crippen LogP contribution in [0, 0.1) is 5.92 Å². The van der Waals surface area contributed by atoms with E-state index in [9.17, 15) is 9.59 Å². The normalized spacial score (nSPS) is 22.1. The van der Waals surface area contributed by atoms with Crippen molar-refractivity contribution in [2.75, 3.05) is 19.6 Å². The van der Waals surface area contributed by atoms with Crippen LogP contribution in [0.15, 0.2) is 0 Å². The number of nitrogens with zero attached hydrogens (tertiary/aromatic N) is 1. The fourth-order valence-electron chi connectivity index (χ4n) is 1.97. The third-order valence-electron chi connectivity index (χ3n) is 2.67. The molecule has 1 aliphatic rings. The summed E-state index contributed by atoms with van der Waals surface area (Å²) in [5, 5.41) is 11.7. The summed E-state index contributed by atoms with van der Waals surface area (Å²) in [6.45, 7) is 5.43. The summed E-state index contributed by atoms with van der Waals surface area (Å²) in [6.07, 6.45) is 1.57. The molecule has 1 heterocycles. The molecule has 1 rings (SSSR count). The van der Waals surface area contributed by atoms with Crippen molar-refractivity contribution in [1.29, 1.82) is 0 Å². The number of carbonyl (C=O) groups excluding carboxylic acids is 1. The monoisotopic (exact) mass is 228 g/mol. The van der Waals surface area contributed by atoms with Gasteiger partial charge in [0.05, 0.1) is 12.5 Å². The molecule has 1 amide bonds. The lowest BCUT2D eigenvalue weighted by atomic mass is 9.98. The number of carboxylic acid groups (broad SMARTS) is 1. The highest BCUT2D eigenvalue weighted by atomic mass is 16.4. The van der Waals surface area contributed by atoms with Crippen molar-refractivity contribution in [3.63, 3.8) is 0 Å². The van der Waals surface area contributed by atoms with E-state index in [4.69, 9.17) is 5.11 Å². The minimum absolute atomic E-state index is 0.0268. The van der Waals surface area contributed by atoms with Crippen molar-refractivity contribution in [1.82, 2.24) is 10.2 Å². The second-order valence-corrected chi connectivity index (χ2v) is 4.63. The SMILES string of the molecule is CC(C)NC(=O)CN1CCC[C@H](C(=O)O)C1. The Bertz CT molecular complexity index is 266. The number of aliphatic carboxylic acids is 1. The Morgan fingerprint density at radius 2 is 2.19 bits per heavy atom. The smallest absolute Gasteiger partial charge is 0.307 e. The van der Waals surface area contributed by atoms with Gasteiger partial charge in [-0.3, -0.25) is 14.5 Å². The highest BCUT2D eigenvalue weighted by Crippen LogP contribution is 2.15. The number of carbonyl (C=O) groups is 2. The maximum Gasteiger partial charge on any atom is 0.307 e. The van der Waals surface area contributed by atoms with Crippen molar-refractivity contribution in [3.05, 3.63) is 0 Å². The van der Waals surface area contributed by atoms with Crippen LogP contribution in [-0.2, 0) is 9.59 Å². The van der Waals surface area contributed by atoms with E-state index >= 15 is 0 Å². The Morgan fingerprint density at radius 1 is 1.50 bits per heavy atom. The second-order valence-electron chi connectivity index (χ2n) is 4.63. The standard InChI is InChI=1S/C11H20N2O3/c1-8(2)12-10(14)7-13-5-3-4-9(6-13)11(15)16/h8-9H,3-7H2,1-2H3,(H,12,14)(H,15,16)/t9-/m0/s1. The van der Waals surface area contributed by atoms with E-state index in [0.717, 1.165) is 19.4 Å². The van der Waals surface area contributed by atoms with Crippen LogP contribution in [-0.4, -0.2) is 47.6 Å². The molecule has 1 saturated heterocycles. The molecule has 1 fully saturated rings. The van der Waals surface area contributed by atoms with E-state index in [0.29, 0.717) is 13.1 Å². The Hall–Kier alpha value is -1.10. The van der Waals surface area contributed by atoms with Gasteiger partial charge in [0.2, 0.25) is 5.91 Å². The van der Waals surface area contributed by atoms with Crippen molar-refractivity contribution < 1.29 is 14.7 Å². The molecule has 2 N–H and O–H groups in total. The number of piperidine rings is 1. The van der Waals surface area contributed by atoms with Gasteiger partial charge in [-0.1, -0.05) is 0 Å². The fraction of sp³-hybridized carbons (Fsp3) is 0.818. The Labute approximate surface area is 95.8 Å². The van der Waals surface area contributed by atoms with Crippen LogP contribution in [0.25, 0.3) is 0 Å². The van der Waals surface area contributed by atoms with E-state index in [1.165, 1.54) is 0 Å². The number of rotatable bonds is 4. The number of nitrogens with one attached hydrogen (secondary N) is 1. The number of carboxylic acids is 1. The molecule has 16 heavy (non-hydrogen) atoms. The first-order valence-corrected chi connectivity index (χ1v) is 5.73. The summed E-state index contributed by atoms with van der Waals surface area (Å²) in [7, 11) is 0. The van der Waals surface area contributed by atoms with Gasteiger partial charge < -0.3 is 10.4 Å². The molecular weight excluding hydrogens is 208 g/mol. The third-order valence-corrected chi connectivity index (χ3v) is 2.67. The average molecular weight is 228 g/mol. The summed E-state index contributed by atoms with van der Waals surface area (Å²) in [4.78, 5) is 24.3. The van der Waals surface area contributed by atoms with Crippen molar-refractivity contribution in [2.45, 2.75) is 32.7 Å². The lowest BCUT2D eigenvalue weighted by Crippen LogP contribution is -2.45. The number of amides is 1. The van der Waals surface area contributed by atoms with Gasteiger partial charge >= 0.3 is 5.97 Å². The van der Waals surface area contributed by atoms with Gasteiger partial charge in [0.25, 0.3) is 0 Å². The largest absolute Gasteiger partial charge is 0.481 e. The minimum atomic E-state index is -0.756. The molecule has 5 nitrogen and oxygen atoms in total. The molecule has 1 atom stereocenters. The summed E-state index contributed by atoms with van der Waals surface area (Å²) in [5.74, 6) is -1.10. The maximum absolute atomic E-state index is 11.5. The Balaban J connectivity index is 2.37. The van der Waals surface area contributed by atoms with E-state index in [-0.39, 0.29) is 17.9 Å². The average Bonchev–Trinajstić information content (AvgIpc) is 2.16. The first-order chi connectivity index (χ1) is 7.49. The zero-order valence-electron chi connectivity index (χ0n) is 9.90. The Kier molecular flexibility index (Phi) is 4.73. The summed E-state index contributed by atoms with van der Waals surface area (Å²) in [5.41, 5.74) is 0. The topological polar surface area (TPSA) is 69.6 Å². The van der Waals surface area contributed by atoms with Crippen LogP contribution >= 0.6 is 0 Å². The second kappa shape index (κ2) is 5.84. The van der Waals surface area contributed by atoms with Gasteiger partial charge in [0.1, 0.15) is 0 Å². The van der Waals surface area contributed by atoms with Gasteiger partial charge in [-0.15, -0.1) is 0 Å². The van der Waals surface area contributed by atoms with Gasteiger partial charge in [0.15, 0.2) is 0 Å². The first-order valence-electron chi connectivity index (χ1n) is 5.73. The van der Waals surface area contributed by atoms with Gasteiger partial charge in [-0.25, -0.2) is 0 Å².